The molecule has 1 atom stereocenters. The molecule has 2 aromatic carbocycles. The first-order chi connectivity index (χ1) is 24.6. The SMILES string of the molecule is C[Si](C)(C)CCOCn1c(C(NC(=O)OCc2ccccc2)C2CCC(F)(F)CC2)nc2ccc(C3(C(=O)N4CC(F)(F)C4)CCOCC3)c(F)c21. The van der Waals surface area contributed by atoms with Crippen LogP contribution in [0.15, 0.2) is 42.5 Å². The van der Waals surface area contributed by atoms with Gasteiger partial charge in [0.15, 0.2) is 5.82 Å². The molecule has 3 heterocycles. The van der Waals surface area contributed by atoms with Crippen molar-refractivity contribution >= 4 is 31.1 Å². The number of carbonyl (C=O) groups excluding carboxylic acids is 2. The normalized spacial score (nSPS) is 20.7. The number of halogens is 5. The number of carbonyl (C=O) groups is 2. The van der Waals surface area contributed by atoms with E-state index in [1.807, 2.05) is 18.2 Å². The van der Waals surface area contributed by atoms with Gasteiger partial charge in [-0.25, -0.2) is 31.7 Å². The molecule has 3 aliphatic rings. The van der Waals surface area contributed by atoms with E-state index < -0.39 is 68.2 Å². The molecule has 2 amide bonds. The number of ether oxygens (including phenoxy) is 3. The number of nitrogens with one attached hydrogen (secondary N) is 1. The molecule has 284 valence electrons. The van der Waals surface area contributed by atoms with Crippen LogP contribution in [0, 0.1) is 11.7 Å². The van der Waals surface area contributed by atoms with E-state index in [4.69, 9.17) is 19.2 Å². The number of hydrogen-bond acceptors (Lipinski definition) is 6. The number of amides is 2. The maximum absolute atomic E-state index is 17.3. The van der Waals surface area contributed by atoms with Gasteiger partial charge < -0.3 is 24.4 Å². The zero-order valence-corrected chi connectivity index (χ0v) is 30.9. The third-order valence-corrected chi connectivity index (χ3v) is 12.2. The fourth-order valence-corrected chi connectivity index (χ4v) is 8.19. The second-order valence-electron chi connectivity index (χ2n) is 15.6. The van der Waals surface area contributed by atoms with Crippen molar-refractivity contribution in [2.75, 3.05) is 32.9 Å². The molecule has 2 aliphatic heterocycles. The number of fused-ring (bicyclic) bond motifs is 1. The monoisotopic (exact) mass is 750 g/mol. The van der Waals surface area contributed by atoms with Crippen LogP contribution in [0.25, 0.3) is 11.0 Å². The molecule has 1 unspecified atom stereocenters. The molecule has 9 nitrogen and oxygen atoms in total. The molecule has 52 heavy (non-hydrogen) atoms. The summed E-state index contributed by atoms with van der Waals surface area (Å²) in [4.78, 5) is 33.1. The fraction of sp³-hybridized carbons (Fsp3) is 0.595. The van der Waals surface area contributed by atoms with Crippen molar-refractivity contribution < 1.29 is 45.8 Å². The van der Waals surface area contributed by atoms with Gasteiger partial charge in [0.2, 0.25) is 11.8 Å². The van der Waals surface area contributed by atoms with Gasteiger partial charge in [-0.15, -0.1) is 0 Å². The van der Waals surface area contributed by atoms with Crippen molar-refractivity contribution in [1.82, 2.24) is 19.8 Å². The fourth-order valence-electron chi connectivity index (χ4n) is 7.43. The minimum absolute atomic E-state index is 0.0127. The summed E-state index contributed by atoms with van der Waals surface area (Å²) in [6.45, 7) is 5.56. The van der Waals surface area contributed by atoms with E-state index in [1.165, 1.54) is 10.6 Å². The molecule has 2 saturated heterocycles. The number of alkyl carbamates (subject to hydrolysis) is 1. The Morgan fingerprint density at radius 1 is 0.981 bits per heavy atom. The highest BCUT2D eigenvalue weighted by molar-refractivity contribution is 6.76. The Morgan fingerprint density at radius 3 is 2.29 bits per heavy atom. The zero-order chi connectivity index (χ0) is 37.3. The highest BCUT2D eigenvalue weighted by Crippen LogP contribution is 2.45. The molecule has 6 rings (SSSR count). The van der Waals surface area contributed by atoms with Crippen molar-refractivity contribution in [1.29, 1.82) is 0 Å². The lowest BCUT2D eigenvalue weighted by Crippen LogP contribution is -2.63. The van der Waals surface area contributed by atoms with E-state index in [0.717, 1.165) is 16.5 Å². The van der Waals surface area contributed by atoms with Crippen LogP contribution in [0.5, 0.6) is 0 Å². The van der Waals surface area contributed by atoms with Gasteiger partial charge in [0.25, 0.3) is 5.92 Å². The minimum Gasteiger partial charge on any atom is -0.445 e. The van der Waals surface area contributed by atoms with Crippen LogP contribution < -0.4 is 5.32 Å². The van der Waals surface area contributed by atoms with Crippen molar-refractivity contribution in [3.8, 4) is 0 Å². The first-order valence-electron chi connectivity index (χ1n) is 17.9. The van der Waals surface area contributed by atoms with Gasteiger partial charge >= 0.3 is 6.09 Å². The number of hydrogen-bond donors (Lipinski definition) is 1. The predicted molar refractivity (Wildman–Crippen MR) is 186 cm³/mol. The summed E-state index contributed by atoms with van der Waals surface area (Å²) in [5.74, 6) is -7.46. The third kappa shape index (κ3) is 8.46. The van der Waals surface area contributed by atoms with E-state index in [2.05, 4.69) is 25.0 Å². The summed E-state index contributed by atoms with van der Waals surface area (Å²) >= 11 is 0. The first-order valence-corrected chi connectivity index (χ1v) is 21.7. The quantitative estimate of drug-likeness (QED) is 0.115. The molecule has 0 spiro atoms. The van der Waals surface area contributed by atoms with Crippen LogP contribution in [0.4, 0.5) is 26.7 Å². The molecule has 1 N–H and O–H groups in total. The number of imidazole rings is 1. The maximum Gasteiger partial charge on any atom is 0.408 e. The molecule has 15 heteroatoms. The molecule has 3 fully saturated rings. The van der Waals surface area contributed by atoms with Gasteiger partial charge in [-0.05, 0) is 49.3 Å². The topological polar surface area (TPSA) is 94.9 Å². The van der Waals surface area contributed by atoms with Gasteiger partial charge in [-0.2, -0.15) is 0 Å². The Hall–Kier alpha value is -3.56. The second kappa shape index (κ2) is 15.1. The van der Waals surface area contributed by atoms with Gasteiger partial charge in [0.1, 0.15) is 24.7 Å². The maximum atomic E-state index is 17.3. The van der Waals surface area contributed by atoms with E-state index in [-0.39, 0.29) is 87.5 Å². The average Bonchev–Trinajstić information content (AvgIpc) is 3.46. The van der Waals surface area contributed by atoms with Gasteiger partial charge in [0.05, 0.1) is 30.1 Å². The van der Waals surface area contributed by atoms with Crippen molar-refractivity contribution in [3.05, 3.63) is 65.2 Å². The predicted octanol–water partition coefficient (Wildman–Crippen LogP) is 7.81. The van der Waals surface area contributed by atoms with Gasteiger partial charge in [0, 0.05) is 46.3 Å². The molecule has 0 bridgehead atoms. The number of aromatic nitrogens is 2. The Bertz CT molecular complexity index is 1730. The van der Waals surface area contributed by atoms with Crippen molar-refractivity contribution in [2.24, 2.45) is 5.92 Å². The van der Waals surface area contributed by atoms with Gasteiger partial charge in [-0.1, -0.05) is 56.0 Å². The van der Waals surface area contributed by atoms with Crippen LogP contribution in [-0.4, -0.2) is 79.3 Å². The number of alkyl halides is 4. The Kier molecular flexibility index (Phi) is 11.0. The Morgan fingerprint density at radius 2 is 1.65 bits per heavy atom. The lowest BCUT2D eigenvalue weighted by atomic mass is 9.72. The summed E-state index contributed by atoms with van der Waals surface area (Å²) in [6, 6.07) is 12.0. The molecule has 1 aromatic heterocycles. The molecular formula is C37H47F5N4O5Si. The lowest BCUT2D eigenvalue weighted by molar-refractivity contribution is -0.174. The molecule has 0 radical (unpaired) electrons. The standard InChI is InChI=1S/C37H47F5N4O5Si/c1-52(2,3)20-19-50-24-46-31-28(10-9-27(29(31)38)35(15-17-49-18-16-35)33(47)45-22-37(41,42)23-45)43-32(46)30(26-11-13-36(39,40)14-12-26)44-34(48)51-21-25-7-5-4-6-8-25/h4-10,26,30H,11-24H2,1-3H3,(H,44,48). The molecule has 3 aromatic rings. The number of likely N-dealkylation sites (tertiary alicyclic amines) is 1. The molecule has 1 aliphatic carbocycles. The summed E-state index contributed by atoms with van der Waals surface area (Å²) in [5, 5.41) is 2.87. The van der Waals surface area contributed by atoms with Crippen LogP contribution in [0.2, 0.25) is 25.7 Å². The smallest absolute Gasteiger partial charge is 0.408 e. The summed E-state index contributed by atoms with van der Waals surface area (Å²) in [6.07, 6.45) is -1.23. The molecule has 1 saturated carbocycles. The Labute approximate surface area is 301 Å². The van der Waals surface area contributed by atoms with E-state index in [9.17, 15) is 27.2 Å². The van der Waals surface area contributed by atoms with Crippen molar-refractivity contribution in [2.45, 2.75) is 101 Å². The second-order valence-corrected chi connectivity index (χ2v) is 21.3. The number of rotatable bonds is 12. The van der Waals surface area contributed by atoms with Crippen LogP contribution in [0.3, 0.4) is 0 Å². The highest BCUT2D eigenvalue weighted by atomic mass is 28.3. The van der Waals surface area contributed by atoms with E-state index >= 15 is 4.39 Å². The van der Waals surface area contributed by atoms with Gasteiger partial charge in [-0.3, -0.25) is 9.36 Å². The average molecular weight is 751 g/mol. The minimum atomic E-state index is -3.00. The highest BCUT2D eigenvalue weighted by Gasteiger charge is 2.54. The van der Waals surface area contributed by atoms with Crippen LogP contribution >= 0.6 is 0 Å². The molecular weight excluding hydrogens is 704 g/mol. The Balaban J connectivity index is 1.41. The summed E-state index contributed by atoms with van der Waals surface area (Å²) < 4.78 is 92.6. The summed E-state index contributed by atoms with van der Waals surface area (Å²) in [5.41, 5.74) is -0.431. The van der Waals surface area contributed by atoms with Crippen molar-refractivity contribution in [3.63, 3.8) is 0 Å². The van der Waals surface area contributed by atoms with E-state index in [0.29, 0.717) is 6.61 Å². The van der Waals surface area contributed by atoms with Crippen LogP contribution in [0.1, 0.15) is 61.5 Å². The van der Waals surface area contributed by atoms with Crippen LogP contribution in [-0.2, 0) is 37.8 Å². The largest absolute Gasteiger partial charge is 0.445 e. The number of nitrogens with zero attached hydrogens (tertiary/aromatic N) is 3. The first kappa shape index (κ1) is 38.2. The lowest BCUT2D eigenvalue weighted by Gasteiger charge is -2.46. The third-order valence-electron chi connectivity index (χ3n) is 10.5. The van der Waals surface area contributed by atoms with E-state index in [1.54, 1.807) is 18.2 Å². The number of benzene rings is 2. The zero-order valence-electron chi connectivity index (χ0n) is 29.9. The summed E-state index contributed by atoms with van der Waals surface area (Å²) in [7, 11) is -1.53.